The molecule has 30 heavy (non-hydrogen) atoms. The summed E-state index contributed by atoms with van der Waals surface area (Å²) in [7, 11) is 0. The number of allylic oxidation sites excluding steroid dienone is 6. The molecule has 1 N–H and O–H groups in total. The van der Waals surface area contributed by atoms with Crippen LogP contribution in [-0.2, 0) is 20.4 Å². The van der Waals surface area contributed by atoms with E-state index < -0.39 is 5.97 Å². The first-order valence-electron chi connectivity index (χ1n) is 10.7. The molecule has 0 fully saturated rings. The molecule has 3 rings (SSSR count). The number of aliphatic carboxylic acids is 1. The molecule has 0 bridgehead atoms. The fraction of sp³-hybridized carbons (Fsp3) is 0.444. The number of benzene rings is 1. The lowest BCUT2D eigenvalue weighted by atomic mass is 9.71. The number of carbonyl (C=O) groups excluding carboxylic acids is 1. The maximum Gasteiger partial charge on any atom is 0.332 e. The Kier molecular flexibility index (Phi) is 5.56. The third-order valence-corrected chi connectivity index (χ3v) is 7.36. The summed E-state index contributed by atoms with van der Waals surface area (Å²) >= 11 is 0. The van der Waals surface area contributed by atoms with Crippen LogP contribution in [0.1, 0.15) is 71.6 Å². The lowest BCUT2D eigenvalue weighted by Crippen LogP contribution is -2.30. The summed E-state index contributed by atoms with van der Waals surface area (Å²) in [5, 5.41) is 10.0. The van der Waals surface area contributed by atoms with E-state index in [-0.39, 0.29) is 16.7 Å². The summed E-state index contributed by atoms with van der Waals surface area (Å²) in [4.78, 5) is 23.3. The van der Waals surface area contributed by atoms with E-state index in [0.717, 1.165) is 16.7 Å². The van der Waals surface area contributed by atoms with Crippen molar-refractivity contribution in [2.24, 2.45) is 11.8 Å². The van der Waals surface area contributed by atoms with Crippen LogP contribution in [0.4, 0.5) is 0 Å². The van der Waals surface area contributed by atoms with Crippen molar-refractivity contribution >= 4 is 17.5 Å². The number of fused-ring (bicyclic) bond motifs is 1. The van der Waals surface area contributed by atoms with E-state index in [0.29, 0.717) is 23.5 Å². The lowest BCUT2D eigenvalue weighted by Gasteiger charge is -2.32. The monoisotopic (exact) mass is 404 g/mol. The molecule has 0 radical (unpaired) electrons. The molecule has 1 aromatic rings. The molecule has 3 nitrogen and oxygen atoms in total. The smallest absolute Gasteiger partial charge is 0.332 e. The van der Waals surface area contributed by atoms with Crippen molar-refractivity contribution in [3.8, 4) is 0 Å². The van der Waals surface area contributed by atoms with Gasteiger partial charge >= 0.3 is 5.97 Å². The van der Waals surface area contributed by atoms with E-state index in [1.54, 1.807) is 6.08 Å². The predicted molar refractivity (Wildman–Crippen MR) is 122 cm³/mol. The van der Waals surface area contributed by atoms with Gasteiger partial charge < -0.3 is 5.11 Å². The number of hydrogen-bond donors (Lipinski definition) is 1. The molecule has 0 amide bonds. The summed E-state index contributed by atoms with van der Waals surface area (Å²) < 4.78 is 0. The van der Waals surface area contributed by atoms with Gasteiger partial charge in [-0.25, -0.2) is 9.59 Å². The third kappa shape index (κ3) is 3.42. The Hall–Kier alpha value is -2.64. The van der Waals surface area contributed by atoms with Crippen molar-refractivity contribution in [2.75, 3.05) is 0 Å². The minimum Gasteiger partial charge on any atom is -0.478 e. The van der Waals surface area contributed by atoms with Gasteiger partial charge in [0.15, 0.2) is 0 Å². The second-order valence-electron chi connectivity index (χ2n) is 10.00. The second kappa shape index (κ2) is 7.56. The van der Waals surface area contributed by atoms with Gasteiger partial charge in [0, 0.05) is 17.6 Å². The number of carboxylic acid groups (broad SMARTS) is 1. The summed E-state index contributed by atoms with van der Waals surface area (Å²) in [6.45, 7) is 15.3. The molecule has 0 saturated heterocycles. The number of hydrogen-bond acceptors (Lipinski definition) is 2. The van der Waals surface area contributed by atoms with Crippen molar-refractivity contribution in [2.45, 2.75) is 65.7 Å². The van der Waals surface area contributed by atoms with Crippen LogP contribution in [0.5, 0.6) is 0 Å². The van der Waals surface area contributed by atoms with Crippen LogP contribution < -0.4 is 0 Å². The minimum absolute atomic E-state index is 0.00855. The maximum atomic E-state index is 12.3. The predicted octanol–water partition coefficient (Wildman–Crippen LogP) is 6.03. The summed E-state index contributed by atoms with van der Waals surface area (Å²) in [5.41, 5.74) is 6.16. The van der Waals surface area contributed by atoms with E-state index in [1.807, 2.05) is 31.9 Å². The van der Waals surface area contributed by atoms with Gasteiger partial charge in [-0.1, -0.05) is 78.8 Å². The standard InChI is InChI=1S/C27H32O3/c1-16(2)23(25(29)30)24(19-10-8-18(15-28)9-11-19)20-12-13-21-22(14-20)27(6,7)17(3)26(21,4)5/h8,10-14,16-17H,9H2,1-7H3,(H,29,30). The Morgan fingerprint density at radius 3 is 2.23 bits per heavy atom. The Balaban J connectivity index is 2.28. The average Bonchev–Trinajstić information content (AvgIpc) is 2.82. The summed E-state index contributed by atoms with van der Waals surface area (Å²) in [6.07, 6.45) is 5.98. The molecule has 1 atom stereocenters. The molecule has 0 saturated carbocycles. The Labute approximate surface area is 179 Å². The summed E-state index contributed by atoms with van der Waals surface area (Å²) in [6, 6.07) is 6.44. The third-order valence-electron chi connectivity index (χ3n) is 7.36. The van der Waals surface area contributed by atoms with Crippen LogP contribution in [0.15, 0.2) is 53.1 Å². The molecular formula is C27H32O3. The Bertz CT molecular complexity index is 1040. The van der Waals surface area contributed by atoms with Crippen LogP contribution in [-0.4, -0.2) is 17.0 Å². The number of carboxylic acids is 1. The molecule has 0 spiro atoms. The fourth-order valence-corrected chi connectivity index (χ4v) is 5.09. The van der Waals surface area contributed by atoms with Crippen molar-refractivity contribution < 1.29 is 14.7 Å². The highest BCUT2D eigenvalue weighted by Gasteiger charge is 2.48. The molecule has 1 aromatic carbocycles. The zero-order chi connectivity index (χ0) is 22.4. The van der Waals surface area contributed by atoms with E-state index >= 15 is 0 Å². The largest absolute Gasteiger partial charge is 0.478 e. The molecule has 1 unspecified atom stereocenters. The highest BCUT2D eigenvalue weighted by molar-refractivity contribution is 6.02. The fourth-order valence-electron chi connectivity index (χ4n) is 5.09. The number of carbonyl (C=O) groups is 1. The molecule has 3 heteroatoms. The second-order valence-corrected chi connectivity index (χ2v) is 10.00. The van der Waals surface area contributed by atoms with Gasteiger partial charge in [0.1, 0.15) is 5.94 Å². The summed E-state index contributed by atoms with van der Waals surface area (Å²) in [5.74, 6) is 1.35. The zero-order valence-electron chi connectivity index (χ0n) is 19.1. The van der Waals surface area contributed by atoms with E-state index in [4.69, 9.17) is 0 Å². The highest BCUT2D eigenvalue weighted by atomic mass is 16.4. The van der Waals surface area contributed by atoms with Crippen LogP contribution in [0.2, 0.25) is 0 Å². The molecular weight excluding hydrogens is 372 g/mol. The Morgan fingerprint density at radius 1 is 1.10 bits per heavy atom. The molecule has 0 aromatic heterocycles. The molecule has 0 aliphatic heterocycles. The van der Waals surface area contributed by atoms with Gasteiger partial charge in [-0.3, -0.25) is 0 Å². The molecule has 158 valence electrons. The average molecular weight is 405 g/mol. The van der Waals surface area contributed by atoms with Crippen molar-refractivity contribution in [3.05, 3.63) is 69.8 Å². The van der Waals surface area contributed by atoms with Gasteiger partial charge in [0.05, 0.1) is 0 Å². The maximum absolute atomic E-state index is 12.3. The Morgan fingerprint density at radius 2 is 1.73 bits per heavy atom. The lowest BCUT2D eigenvalue weighted by molar-refractivity contribution is -0.133. The van der Waals surface area contributed by atoms with Crippen LogP contribution in [0.3, 0.4) is 0 Å². The minimum atomic E-state index is -0.903. The first-order valence-corrected chi connectivity index (χ1v) is 10.7. The van der Waals surface area contributed by atoms with Crippen molar-refractivity contribution in [1.82, 2.24) is 0 Å². The van der Waals surface area contributed by atoms with Gasteiger partial charge in [-0.05, 0) is 56.6 Å². The molecule has 2 aliphatic rings. The van der Waals surface area contributed by atoms with Gasteiger partial charge in [-0.15, -0.1) is 0 Å². The first kappa shape index (κ1) is 22.1. The van der Waals surface area contributed by atoms with Crippen molar-refractivity contribution in [3.63, 3.8) is 0 Å². The van der Waals surface area contributed by atoms with E-state index in [9.17, 15) is 14.7 Å². The topological polar surface area (TPSA) is 54.4 Å². The SMILES string of the molecule is CC(C)C(C(=O)O)=C(C1=CCC(=C=O)C=C1)c1ccc2c(c1)C(C)(C)C(C)C2(C)C. The van der Waals surface area contributed by atoms with Crippen LogP contribution in [0, 0.1) is 11.8 Å². The quantitative estimate of drug-likeness (QED) is 0.492. The van der Waals surface area contributed by atoms with Gasteiger partial charge in [-0.2, -0.15) is 0 Å². The normalized spacial score (nSPS) is 22.3. The van der Waals surface area contributed by atoms with Crippen LogP contribution in [0.25, 0.3) is 5.57 Å². The van der Waals surface area contributed by atoms with E-state index in [2.05, 4.69) is 52.8 Å². The zero-order valence-corrected chi connectivity index (χ0v) is 19.1. The van der Waals surface area contributed by atoms with Crippen molar-refractivity contribution in [1.29, 1.82) is 0 Å². The van der Waals surface area contributed by atoms with Crippen LogP contribution >= 0.6 is 0 Å². The first-order chi connectivity index (χ1) is 13.9. The molecule has 0 heterocycles. The number of rotatable bonds is 4. The van der Waals surface area contributed by atoms with Gasteiger partial charge in [0.25, 0.3) is 0 Å². The highest BCUT2D eigenvalue weighted by Crippen LogP contribution is 2.54. The molecule has 2 aliphatic carbocycles. The van der Waals surface area contributed by atoms with Gasteiger partial charge in [0.2, 0.25) is 0 Å². The van der Waals surface area contributed by atoms with E-state index in [1.165, 1.54) is 11.1 Å².